The van der Waals surface area contributed by atoms with Gasteiger partial charge in [-0.1, -0.05) is 13.8 Å². The monoisotopic (exact) mass is 244 g/mol. The van der Waals surface area contributed by atoms with Crippen LogP contribution >= 0.6 is 0 Å². The smallest absolute Gasteiger partial charge is 0.190 e. The standard InChI is InChI=1S/C12H20O5/c1-5-7(13)6(2)9-8(14)10-11(15-9)17-12(3,4)16-10/h6,8-11,14H,5H2,1-4H3/t6-,8-,9+,10+,11+/m0/s1. The molecule has 0 saturated carbocycles. The summed E-state index contributed by atoms with van der Waals surface area (Å²) in [4.78, 5) is 11.6. The number of ether oxygens (including phenoxy) is 3. The van der Waals surface area contributed by atoms with E-state index in [2.05, 4.69) is 0 Å². The zero-order valence-corrected chi connectivity index (χ0v) is 10.7. The van der Waals surface area contributed by atoms with Crippen LogP contribution in [0.3, 0.4) is 0 Å². The van der Waals surface area contributed by atoms with Crippen molar-refractivity contribution >= 4 is 5.78 Å². The summed E-state index contributed by atoms with van der Waals surface area (Å²) in [5.41, 5.74) is 0. The SMILES string of the molecule is CCC(=O)[C@H](C)[C@H]1O[C@@H]2OC(C)(C)O[C@@H]2[C@H]1O. The van der Waals surface area contributed by atoms with Gasteiger partial charge in [0.25, 0.3) is 0 Å². The molecule has 5 atom stereocenters. The molecular formula is C12H20O5. The summed E-state index contributed by atoms with van der Waals surface area (Å²) in [7, 11) is 0. The molecule has 2 aliphatic rings. The van der Waals surface area contributed by atoms with Crippen molar-refractivity contribution in [2.75, 3.05) is 0 Å². The third kappa shape index (κ3) is 2.25. The minimum Gasteiger partial charge on any atom is -0.387 e. The summed E-state index contributed by atoms with van der Waals surface area (Å²) >= 11 is 0. The molecular weight excluding hydrogens is 224 g/mol. The van der Waals surface area contributed by atoms with Crippen LogP contribution in [0.5, 0.6) is 0 Å². The van der Waals surface area contributed by atoms with E-state index in [0.717, 1.165) is 0 Å². The number of carbonyl (C=O) groups is 1. The zero-order valence-electron chi connectivity index (χ0n) is 10.7. The lowest BCUT2D eigenvalue weighted by Crippen LogP contribution is -2.39. The van der Waals surface area contributed by atoms with Crippen LogP contribution in [-0.4, -0.2) is 41.3 Å². The maximum absolute atomic E-state index is 11.6. The van der Waals surface area contributed by atoms with E-state index in [4.69, 9.17) is 14.2 Å². The average Bonchev–Trinajstić information content (AvgIpc) is 2.71. The Morgan fingerprint density at radius 2 is 2.06 bits per heavy atom. The molecule has 0 aromatic rings. The molecule has 2 heterocycles. The van der Waals surface area contributed by atoms with Crippen LogP contribution in [0.25, 0.3) is 0 Å². The lowest BCUT2D eigenvalue weighted by atomic mass is 9.93. The fraction of sp³-hybridized carbons (Fsp3) is 0.917. The van der Waals surface area contributed by atoms with E-state index in [1.54, 1.807) is 27.7 Å². The van der Waals surface area contributed by atoms with Gasteiger partial charge in [-0.15, -0.1) is 0 Å². The van der Waals surface area contributed by atoms with Crippen molar-refractivity contribution < 1.29 is 24.1 Å². The number of carbonyl (C=O) groups excluding carboxylic acids is 1. The van der Waals surface area contributed by atoms with Gasteiger partial charge in [0, 0.05) is 12.3 Å². The molecule has 2 aliphatic heterocycles. The van der Waals surface area contributed by atoms with Gasteiger partial charge in [-0.25, -0.2) is 0 Å². The summed E-state index contributed by atoms with van der Waals surface area (Å²) in [6, 6.07) is 0. The molecule has 17 heavy (non-hydrogen) atoms. The predicted octanol–water partition coefficient (Wildman–Crippen LogP) is 0.839. The number of aliphatic hydroxyl groups excluding tert-OH is 1. The van der Waals surface area contributed by atoms with E-state index in [0.29, 0.717) is 6.42 Å². The molecule has 2 rings (SSSR count). The van der Waals surface area contributed by atoms with Gasteiger partial charge in [-0.3, -0.25) is 4.79 Å². The molecule has 98 valence electrons. The van der Waals surface area contributed by atoms with Gasteiger partial charge < -0.3 is 19.3 Å². The first kappa shape index (κ1) is 13.0. The van der Waals surface area contributed by atoms with Crippen LogP contribution in [0, 0.1) is 5.92 Å². The molecule has 2 fully saturated rings. The molecule has 0 aromatic carbocycles. The lowest BCUT2D eigenvalue weighted by molar-refractivity contribution is -0.219. The van der Waals surface area contributed by atoms with Crippen LogP contribution in [0.4, 0.5) is 0 Å². The largest absolute Gasteiger partial charge is 0.387 e. The van der Waals surface area contributed by atoms with Crippen molar-refractivity contribution in [3.63, 3.8) is 0 Å². The lowest BCUT2D eigenvalue weighted by Gasteiger charge is -2.25. The molecule has 0 spiro atoms. The molecule has 0 amide bonds. The van der Waals surface area contributed by atoms with Crippen LogP contribution in [0.15, 0.2) is 0 Å². The molecule has 0 aliphatic carbocycles. The Hall–Kier alpha value is -0.490. The van der Waals surface area contributed by atoms with Gasteiger partial charge in [0.2, 0.25) is 0 Å². The molecule has 5 nitrogen and oxygen atoms in total. The minimum atomic E-state index is -0.813. The number of fused-ring (bicyclic) bond motifs is 1. The van der Waals surface area contributed by atoms with Crippen molar-refractivity contribution in [3.05, 3.63) is 0 Å². The highest BCUT2D eigenvalue weighted by molar-refractivity contribution is 5.81. The number of ketones is 1. The fourth-order valence-corrected chi connectivity index (χ4v) is 2.43. The summed E-state index contributed by atoms with van der Waals surface area (Å²) in [5, 5.41) is 10.1. The van der Waals surface area contributed by atoms with E-state index in [9.17, 15) is 9.90 Å². The maximum Gasteiger partial charge on any atom is 0.190 e. The first-order valence-corrected chi connectivity index (χ1v) is 6.07. The van der Waals surface area contributed by atoms with E-state index in [-0.39, 0.29) is 11.7 Å². The first-order valence-electron chi connectivity index (χ1n) is 6.07. The maximum atomic E-state index is 11.6. The number of Topliss-reactive ketones (excluding diaryl/α,β-unsaturated/α-hetero) is 1. The van der Waals surface area contributed by atoms with Crippen molar-refractivity contribution in [1.29, 1.82) is 0 Å². The first-order chi connectivity index (χ1) is 7.85. The molecule has 0 aromatic heterocycles. The van der Waals surface area contributed by atoms with Crippen molar-refractivity contribution in [2.24, 2.45) is 5.92 Å². The summed E-state index contributed by atoms with van der Waals surface area (Å²) in [6.45, 7) is 7.12. The Bertz CT molecular complexity index is 314. The third-order valence-electron chi connectivity index (χ3n) is 3.40. The van der Waals surface area contributed by atoms with Gasteiger partial charge in [-0.05, 0) is 13.8 Å². The van der Waals surface area contributed by atoms with E-state index in [1.807, 2.05) is 0 Å². The van der Waals surface area contributed by atoms with Crippen molar-refractivity contribution in [2.45, 2.75) is 64.5 Å². The van der Waals surface area contributed by atoms with Gasteiger partial charge in [-0.2, -0.15) is 0 Å². The highest BCUT2D eigenvalue weighted by Crippen LogP contribution is 2.39. The van der Waals surface area contributed by atoms with Gasteiger partial charge in [0.1, 0.15) is 18.0 Å². The van der Waals surface area contributed by atoms with Gasteiger partial charge in [0.05, 0.1) is 6.10 Å². The Balaban J connectivity index is 2.05. The highest BCUT2D eigenvalue weighted by atomic mass is 16.8. The summed E-state index contributed by atoms with van der Waals surface area (Å²) < 4.78 is 16.7. The second-order valence-corrected chi connectivity index (χ2v) is 5.17. The quantitative estimate of drug-likeness (QED) is 0.797. The summed E-state index contributed by atoms with van der Waals surface area (Å²) in [5.74, 6) is -0.997. The number of hydrogen-bond donors (Lipinski definition) is 1. The number of hydrogen-bond acceptors (Lipinski definition) is 5. The molecule has 5 heteroatoms. The highest BCUT2D eigenvalue weighted by Gasteiger charge is 2.55. The van der Waals surface area contributed by atoms with Crippen molar-refractivity contribution in [3.8, 4) is 0 Å². The van der Waals surface area contributed by atoms with E-state index in [1.165, 1.54) is 0 Å². The number of rotatable bonds is 3. The van der Waals surface area contributed by atoms with Gasteiger partial charge >= 0.3 is 0 Å². The van der Waals surface area contributed by atoms with Crippen molar-refractivity contribution in [1.82, 2.24) is 0 Å². The number of aliphatic hydroxyl groups is 1. The topological polar surface area (TPSA) is 65.0 Å². The predicted molar refractivity (Wildman–Crippen MR) is 59.2 cm³/mol. The summed E-state index contributed by atoms with van der Waals surface area (Å²) in [6.07, 6.45) is -1.98. The molecule has 1 N–H and O–H groups in total. The van der Waals surface area contributed by atoms with Gasteiger partial charge in [0.15, 0.2) is 12.1 Å². The Labute approximate surface area is 101 Å². The normalized spacial score (nSPS) is 41.2. The Morgan fingerprint density at radius 1 is 1.41 bits per heavy atom. The molecule has 0 bridgehead atoms. The van der Waals surface area contributed by atoms with E-state index >= 15 is 0 Å². The van der Waals surface area contributed by atoms with Crippen LogP contribution in [0.2, 0.25) is 0 Å². The second kappa shape index (κ2) is 4.31. The Kier molecular flexibility index (Phi) is 3.29. The average molecular weight is 244 g/mol. The second-order valence-electron chi connectivity index (χ2n) is 5.17. The van der Waals surface area contributed by atoms with Crippen LogP contribution in [0.1, 0.15) is 34.1 Å². The van der Waals surface area contributed by atoms with Crippen LogP contribution in [-0.2, 0) is 19.0 Å². The Morgan fingerprint density at radius 3 is 2.59 bits per heavy atom. The van der Waals surface area contributed by atoms with Crippen LogP contribution < -0.4 is 0 Å². The molecule has 2 saturated heterocycles. The fourth-order valence-electron chi connectivity index (χ4n) is 2.43. The zero-order chi connectivity index (χ0) is 12.8. The molecule has 0 radical (unpaired) electrons. The minimum absolute atomic E-state index is 0.0771. The molecule has 0 unspecified atom stereocenters. The third-order valence-corrected chi connectivity index (χ3v) is 3.40. The van der Waals surface area contributed by atoms with E-state index < -0.39 is 30.4 Å².